The maximum Gasteiger partial charge on any atom is 0.219 e. The molecule has 1 aliphatic rings. The van der Waals surface area contributed by atoms with E-state index in [9.17, 15) is 4.79 Å². The summed E-state index contributed by atoms with van der Waals surface area (Å²) < 4.78 is 0. The van der Waals surface area contributed by atoms with Crippen molar-refractivity contribution in [3.8, 4) is 11.1 Å². The Morgan fingerprint density at radius 1 is 1.19 bits per heavy atom. The molecule has 0 bridgehead atoms. The number of amidine groups is 1. The number of pyridine rings is 1. The molecule has 1 amide bonds. The number of nitrogens with zero attached hydrogens (tertiary/aromatic N) is 2. The van der Waals surface area contributed by atoms with E-state index in [1.807, 2.05) is 37.4 Å². The van der Waals surface area contributed by atoms with Gasteiger partial charge in [-0.15, -0.1) is 0 Å². The largest absolute Gasteiger partial charge is 0.391 e. The van der Waals surface area contributed by atoms with Gasteiger partial charge in [-0.1, -0.05) is 12.1 Å². The van der Waals surface area contributed by atoms with Gasteiger partial charge in [-0.25, -0.2) is 4.98 Å². The van der Waals surface area contributed by atoms with E-state index in [1.165, 1.54) is 0 Å². The van der Waals surface area contributed by atoms with Crippen molar-refractivity contribution in [1.29, 1.82) is 5.41 Å². The van der Waals surface area contributed by atoms with Crippen molar-refractivity contribution in [2.45, 2.75) is 13.3 Å². The molecule has 140 valence electrons. The Hall–Kier alpha value is -3.35. The number of nitrogens with two attached hydrogens (primary N) is 1. The molecule has 1 aliphatic heterocycles. The first-order valence-corrected chi connectivity index (χ1v) is 8.81. The molecule has 7 nitrogen and oxygen atoms in total. The number of aromatic nitrogens is 1. The van der Waals surface area contributed by atoms with Crippen LogP contribution in [0, 0.1) is 5.41 Å². The van der Waals surface area contributed by atoms with E-state index in [-0.39, 0.29) is 5.91 Å². The topological polar surface area (TPSA) is 107 Å². The number of nitrogens with one attached hydrogen (secondary N) is 3. The number of carbonyl (C=O) groups is 1. The van der Waals surface area contributed by atoms with E-state index in [1.54, 1.807) is 24.1 Å². The summed E-state index contributed by atoms with van der Waals surface area (Å²) in [5.74, 6) is 0.815. The second-order valence-corrected chi connectivity index (χ2v) is 6.45. The molecular weight excluding hydrogens is 340 g/mol. The predicted molar refractivity (Wildman–Crippen MR) is 108 cm³/mol. The van der Waals surface area contributed by atoms with Crippen molar-refractivity contribution in [1.82, 2.24) is 15.2 Å². The van der Waals surface area contributed by atoms with E-state index >= 15 is 0 Å². The van der Waals surface area contributed by atoms with Gasteiger partial charge in [0.15, 0.2) is 0 Å². The molecule has 1 aromatic carbocycles. The molecule has 2 heterocycles. The molecule has 27 heavy (non-hydrogen) atoms. The fraction of sp³-hybridized carbons (Fsp3) is 0.250. The minimum atomic E-state index is 0.0249. The van der Waals surface area contributed by atoms with Gasteiger partial charge in [-0.3, -0.25) is 10.2 Å². The summed E-state index contributed by atoms with van der Waals surface area (Å²) in [7, 11) is 1.85. The highest BCUT2D eigenvalue weighted by Crippen LogP contribution is 2.23. The highest BCUT2D eigenvalue weighted by Gasteiger charge is 2.23. The van der Waals surface area contributed by atoms with Crippen molar-refractivity contribution in [3.05, 3.63) is 53.9 Å². The average Bonchev–Trinajstić information content (AvgIpc) is 2.68. The zero-order valence-electron chi connectivity index (χ0n) is 15.5. The Kier molecular flexibility index (Phi) is 5.40. The van der Waals surface area contributed by atoms with Crippen LogP contribution in [0.15, 0.2) is 53.9 Å². The Labute approximate surface area is 158 Å². The van der Waals surface area contributed by atoms with Gasteiger partial charge in [0.05, 0.1) is 6.54 Å². The molecular formula is C20H24N6O. The van der Waals surface area contributed by atoms with Crippen molar-refractivity contribution in [2.75, 3.05) is 31.2 Å². The maximum absolute atomic E-state index is 11.7. The van der Waals surface area contributed by atoms with Gasteiger partial charge < -0.3 is 21.3 Å². The normalized spacial score (nSPS) is 14.1. The number of nitrogen functional groups attached to an aromatic ring is 1. The van der Waals surface area contributed by atoms with E-state index in [0.717, 1.165) is 34.5 Å². The average molecular weight is 364 g/mol. The first-order chi connectivity index (χ1) is 13.0. The Morgan fingerprint density at radius 3 is 2.48 bits per heavy atom. The number of rotatable bonds is 4. The van der Waals surface area contributed by atoms with Crippen molar-refractivity contribution in [3.63, 3.8) is 0 Å². The molecule has 0 fully saturated rings. The summed E-state index contributed by atoms with van der Waals surface area (Å²) in [4.78, 5) is 17.6. The lowest BCUT2D eigenvalue weighted by Gasteiger charge is -2.30. The summed E-state index contributed by atoms with van der Waals surface area (Å²) >= 11 is 0. The van der Waals surface area contributed by atoms with Gasteiger partial charge >= 0.3 is 0 Å². The third-order valence-corrected chi connectivity index (χ3v) is 4.67. The van der Waals surface area contributed by atoms with Crippen LogP contribution in [0.4, 0.5) is 11.5 Å². The lowest BCUT2D eigenvalue weighted by molar-refractivity contribution is -0.128. The first kappa shape index (κ1) is 18.4. The monoisotopic (exact) mass is 364 g/mol. The van der Waals surface area contributed by atoms with E-state index in [0.29, 0.717) is 24.7 Å². The highest BCUT2D eigenvalue weighted by atomic mass is 16.2. The van der Waals surface area contributed by atoms with E-state index < -0.39 is 0 Å². The molecule has 7 heteroatoms. The zero-order valence-corrected chi connectivity index (χ0v) is 15.5. The van der Waals surface area contributed by atoms with E-state index in [2.05, 4.69) is 15.6 Å². The van der Waals surface area contributed by atoms with Crippen molar-refractivity contribution < 1.29 is 4.79 Å². The smallest absolute Gasteiger partial charge is 0.219 e. The summed E-state index contributed by atoms with van der Waals surface area (Å²) in [6.45, 7) is 2.67. The molecule has 0 saturated heterocycles. The van der Waals surface area contributed by atoms with Gasteiger partial charge in [0.2, 0.25) is 5.91 Å². The number of anilines is 2. The second-order valence-electron chi connectivity index (χ2n) is 6.45. The van der Waals surface area contributed by atoms with Crippen LogP contribution in [0.25, 0.3) is 11.1 Å². The molecule has 0 atom stereocenters. The van der Waals surface area contributed by atoms with Crippen LogP contribution in [0.1, 0.15) is 13.3 Å². The predicted octanol–water partition coefficient (Wildman–Crippen LogP) is 2.45. The van der Waals surface area contributed by atoms with Crippen LogP contribution in [-0.2, 0) is 4.79 Å². The van der Waals surface area contributed by atoms with Crippen LogP contribution in [0.3, 0.4) is 0 Å². The highest BCUT2D eigenvalue weighted by molar-refractivity contribution is 6.07. The Balaban J connectivity index is 1.74. The summed E-state index contributed by atoms with van der Waals surface area (Å²) in [5.41, 5.74) is 10.3. The number of hydrogen-bond acceptors (Lipinski definition) is 5. The Bertz CT molecular complexity index is 870. The van der Waals surface area contributed by atoms with E-state index in [4.69, 9.17) is 11.1 Å². The molecule has 2 aromatic rings. The number of amides is 1. The fourth-order valence-corrected chi connectivity index (χ4v) is 3.08. The second kappa shape index (κ2) is 7.90. The molecule has 3 rings (SSSR count). The van der Waals surface area contributed by atoms with Crippen LogP contribution >= 0.6 is 0 Å². The van der Waals surface area contributed by atoms with Crippen LogP contribution in [-0.4, -0.2) is 41.8 Å². The van der Waals surface area contributed by atoms with Gasteiger partial charge in [-0.05, 0) is 29.8 Å². The van der Waals surface area contributed by atoms with Gasteiger partial charge in [0, 0.05) is 55.7 Å². The molecule has 0 saturated carbocycles. The minimum absolute atomic E-state index is 0.0249. The summed E-state index contributed by atoms with van der Waals surface area (Å²) in [6.07, 6.45) is 2.46. The quantitative estimate of drug-likeness (QED) is 0.492. The fourth-order valence-electron chi connectivity index (χ4n) is 3.08. The number of benzene rings is 1. The summed E-state index contributed by atoms with van der Waals surface area (Å²) in [6, 6.07) is 11.5. The summed E-state index contributed by atoms with van der Waals surface area (Å²) in [5, 5.41) is 14.7. The molecule has 0 radical (unpaired) electrons. The lowest BCUT2D eigenvalue weighted by Crippen LogP contribution is -2.40. The van der Waals surface area contributed by atoms with Crippen LogP contribution in [0.2, 0.25) is 0 Å². The third-order valence-electron chi connectivity index (χ3n) is 4.67. The first-order valence-electron chi connectivity index (χ1n) is 8.81. The molecule has 0 unspecified atom stereocenters. The van der Waals surface area contributed by atoms with Crippen molar-refractivity contribution >= 4 is 23.2 Å². The number of carbonyl (C=O) groups excluding carboxylic acids is 1. The molecule has 0 spiro atoms. The Morgan fingerprint density at radius 2 is 1.89 bits per heavy atom. The zero-order chi connectivity index (χ0) is 19.4. The standard InChI is InChI=1S/C20H24N6O/c1-13(27)26-10-9-18(23-2)17(12-26)20(22)25-16-6-3-14(4-7-16)15-5-8-19(21)24-11-15/h3-8,11,23H,9-10,12H2,1-2H3,(H2,21,24)(H2,22,25). The lowest BCUT2D eigenvalue weighted by atomic mass is 10.0. The third kappa shape index (κ3) is 4.25. The van der Waals surface area contributed by atoms with Crippen molar-refractivity contribution in [2.24, 2.45) is 0 Å². The molecule has 1 aromatic heterocycles. The molecule has 5 N–H and O–H groups in total. The van der Waals surface area contributed by atoms with Crippen LogP contribution < -0.4 is 16.4 Å². The SMILES string of the molecule is CNC1=C(C(=N)Nc2ccc(-c3ccc(N)nc3)cc2)CN(C(C)=O)CC1. The maximum atomic E-state index is 11.7. The van der Waals surface area contributed by atoms with Gasteiger partial charge in [0.25, 0.3) is 0 Å². The minimum Gasteiger partial charge on any atom is -0.391 e. The van der Waals surface area contributed by atoms with Gasteiger partial charge in [-0.2, -0.15) is 0 Å². The van der Waals surface area contributed by atoms with Crippen LogP contribution in [0.5, 0.6) is 0 Å². The number of hydrogen-bond donors (Lipinski definition) is 4. The molecule has 0 aliphatic carbocycles. The van der Waals surface area contributed by atoms with Gasteiger partial charge in [0.1, 0.15) is 11.7 Å².